The monoisotopic (exact) mass is 406 g/mol. The van der Waals surface area contributed by atoms with E-state index >= 15 is 0 Å². The van der Waals surface area contributed by atoms with Crippen LogP contribution in [0.5, 0.6) is 0 Å². The molecule has 2 nitrogen and oxygen atoms in total. The van der Waals surface area contributed by atoms with Gasteiger partial charge in [0, 0.05) is 23.7 Å². The molecule has 0 aromatic heterocycles. The van der Waals surface area contributed by atoms with Gasteiger partial charge in [0.1, 0.15) is 0 Å². The minimum absolute atomic E-state index is 0.0752. The molecule has 1 aliphatic rings. The molecule has 0 spiro atoms. The Hall–Kier alpha value is -3.49. The summed E-state index contributed by atoms with van der Waals surface area (Å²) in [4.78, 5) is 11.8. The van der Waals surface area contributed by atoms with Crippen molar-refractivity contribution in [1.29, 1.82) is 0 Å². The Kier molecular flexibility index (Phi) is 6.71. The summed E-state index contributed by atoms with van der Waals surface area (Å²) in [5.41, 5.74) is 7.02. The summed E-state index contributed by atoms with van der Waals surface area (Å²) in [6.07, 6.45) is 0. The van der Waals surface area contributed by atoms with E-state index in [2.05, 4.69) is 48.5 Å². The molecule has 0 radical (unpaired) electrons. The maximum absolute atomic E-state index is 11.8. The van der Waals surface area contributed by atoms with E-state index in [0.29, 0.717) is 5.92 Å². The summed E-state index contributed by atoms with van der Waals surface area (Å²) in [6, 6.07) is 35.9. The van der Waals surface area contributed by atoms with Crippen molar-refractivity contribution < 1.29 is 9.53 Å². The Morgan fingerprint density at radius 2 is 1.06 bits per heavy atom. The van der Waals surface area contributed by atoms with Crippen LogP contribution in [0.3, 0.4) is 0 Å². The van der Waals surface area contributed by atoms with Crippen LogP contribution in [0.4, 0.5) is 0 Å². The van der Waals surface area contributed by atoms with E-state index in [1.807, 2.05) is 67.6 Å². The Morgan fingerprint density at radius 3 is 1.52 bits per heavy atom. The normalized spacial score (nSPS) is 11.8. The number of hydrogen-bond acceptors (Lipinski definition) is 2. The second kappa shape index (κ2) is 10.0. The van der Waals surface area contributed by atoms with Crippen LogP contribution in [0.25, 0.3) is 11.1 Å². The first-order valence-electron chi connectivity index (χ1n) is 10.7. The Bertz CT molecular complexity index is 1050. The van der Waals surface area contributed by atoms with Gasteiger partial charge in [-0.15, -0.1) is 0 Å². The summed E-state index contributed by atoms with van der Waals surface area (Å²) >= 11 is 0. The lowest BCUT2D eigenvalue weighted by Crippen LogP contribution is -2.06. The topological polar surface area (TPSA) is 26.3 Å². The fraction of sp³-hybridized carbons (Fsp3) is 0.138. The fourth-order valence-electron chi connectivity index (χ4n) is 4.02. The third-order valence-electron chi connectivity index (χ3n) is 5.52. The van der Waals surface area contributed by atoms with Crippen LogP contribution < -0.4 is 0 Å². The maximum atomic E-state index is 11.8. The van der Waals surface area contributed by atoms with Gasteiger partial charge in [0.15, 0.2) is 5.78 Å². The SMILES string of the molecule is CCOCC1c2ccccc2-c2ccccc21.O=C(c1ccccc1)c1ccccc1. The molecule has 0 fully saturated rings. The van der Waals surface area contributed by atoms with Gasteiger partial charge >= 0.3 is 0 Å². The van der Waals surface area contributed by atoms with E-state index in [0.717, 1.165) is 24.3 Å². The zero-order valence-electron chi connectivity index (χ0n) is 17.7. The summed E-state index contributed by atoms with van der Waals surface area (Å²) in [5, 5.41) is 0. The molecule has 0 heterocycles. The van der Waals surface area contributed by atoms with Crippen LogP contribution in [-0.2, 0) is 4.74 Å². The van der Waals surface area contributed by atoms with Crippen LogP contribution in [-0.4, -0.2) is 19.0 Å². The van der Waals surface area contributed by atoms with E-state index in [1.165, 1.54) is 22.3 Å². The predicted molar refractivity (Wildman–Crippen MR) is 127 cm³/mol. The Labute approximate surface area is 184 Å². The van der Waals surface area contributed by atoms with Gasteiger partial charge in [-0.3, -0.25) is 4.79 Å². The zero-order valence-corrected chi connectivity index (χ0v) is 17.7. The smallest absolute Gasteiger partial charge is 0.193 e. The molecule has 0 N–H and O–H groups in total. The van der Waals surface area contributed by atoms with Gasteiger partial charge in [0.25, 0.3) is 0 Å². The number of carbonyl (C=O) groups is 1. The molecule has 0 saturated heterocycles. The molecule has 0 atom stereocenters. The van der Waals surface area contributed by atoms with Crippen molar-refractivity contribution in [2.45, 2.75) is 12.8 Å². The number of carbonyl (C=O) groups excluding carboxylic acids is 1. The zero-order chi connectivity index (χ0) is 21.5. The van der Waals surface area contributed by atoms with Crippen molar-refractivity contribution >= 4 is 5.78 Å². The largest absolute Gasteiger partial charge is 0.381 e. The van der Waals surface area contributed by atoms with Gasteiger partial charge in [-0.25, -0.2) is 0 Å². The molecule has 0 bridgehead atoms. The van der Waals surface area contributed by atoms with Crippen molar-refractivity contribution in [1.82, 2.24) is 0 Å². The average molecular weight is 407 g/mol. The average Bonchev–Trinajstić information content (AvgIpc) is 3.17. The highest BCUT2D eigenvalue weighted by Gasteiger charge is 2.27. The number of benzene rings is 4. The van der Waals surface area contributed by atoms with Crippen LogP contribution in [0, 0.1) is 0 Å². The number of hydrogen-bond donors (Lipinski definition) is 0. The van der Waals surface area contributed by atoms with Crippen LogP contribution >= 0.6 is 0 Å². The van der Waals surface area contributed by atoms with Crippen molar-refractivity contribution in [2.75, 3.05) is 13.2 Å². The lowest BCUT2D eigenvalue weighted by molar-refractivity contribution is 0.103. The first-order valence-corrected chi connectivity index (χ1v) is 10.7. The minimum Gasteiger partial charge on any atom is -0.381 e. The molecule has 4 aromatic carbocycles. The Morgan fingerprint density at radius 1 is 0.645 bits per heavy atom. The highest BCUT2D eigenvalue weighted by molar-refractivity contribution is 6.08. The van der Waals surface area contributed by atoms with Crippen molar-refractivity contribution in [3.8, 4) is 11.1 Å². The molecule has 31 heavy (non-hydrogen) atoms. The molecule has 0 amide bonds. The standard InChI is InChI=1S/C16H16O.C13H10O/c1-2-17-11-16-14-9-5-3-7-12(14)13-8-4-6-10-15(13)16;14-13(11-7-3-1-4-8-11)12-9-5-2-6-10-12/h3-10,16H,2,11H2,1H3;1-10H. The van der Waals surface area contributed by atoms with Crippen molar-refractivity contribution in [3.05, 3.63) is 131 Å². The molecule has 4 aromatic rings. The third kappa shape index (κ3) is 4.65. The number of rotatable bonds is 5. The van der Waals surface area contributed by atoms with Crippen LogP contribution in [0.2, 0.25) is 0 Å². The highest BCUT2D eigenvalue weighted by Crippen LogP contribution is 2.44. The van der Waals surface area contributed by atoms with E-state index in [-0.39, 0.29) is 5.78 Å². The molecule has 0 saturated carbocycles. The lowest BCUT2D eigenvalue weighted by atomic mass is 9.98. The highest BCUT2D eigenvalue weighted by atomic mass is 16.5. The third-order valence-corrected chi connectivity index (χ3v) is 5.52. The van der Waals surface area contributed by atoms with E-state index in [4.69, 9.17) is 4.74 Å². The number of ether oxygens (including phenoxy) is 1. The lowest BCUT2D eigenvalue weighted by Gasteiger charge is -2.12. The molecule has 154 valence electrons. The number of fused-ring (bicyclic) bond motifs is 3. The predicted octanol–water partition coefficient (Wildman–Crippen LogP) is 6.75. The van der Waals surface area contributed by atoms with Crippen LogP contribution in [0.15, 0.2) is 109 Å². The van der Waals surface area contributed by atoms with E-state index in [1.54, 1.807) is 0 Å². The summed E-state index contributed by atoms with van der Waals surface area (Å²) in [5.74, 6) is 0.480. The number of ketones is 1. The van der Waals surface area contributed by atoms with Crippen molar-refractivity contribution in [2.24, 2.45) is 0 Å². The summed E-state index contributed by atoms with van der Waals surface area (Å²) in [7, 11) is 0. The molecular formula is C29H26O2. The Balaban J connectivity index is 0.000000152. The van der Waals surface area contributed by atoms with Gasteiger partial charge in [-0.2, -0.15) is 0 Å². The van der Waals surface area contributed by atoms with Crippen LogP contribution in [0.1, 0.15) is 39.9 Å². The van der Waals surface area contributed by atoms with Gasteiger partial charge in [-0.1, -0.05) is 109 Å². The van der Waals surface area contributed by atoms with E-state index in [9.17, 15) is 4.79 Å². The molecule has 5 rings (SSSR count). The minimum atomic E-state index is 0.0752. The quantitative estimate of drug-likeness (QED) is 0.343. The van der Waals surface area contributed by atoms with Gasteiger partial charge < -0.3 is 4.74 Å². The maximum Gasteiger partial charge on any atom is 0.193 e. The van der Waals surface area contributed by atoms with Gasteiger partial charge in [0.05, 0.1) is 6.61 Å². The first-order chi connectivity index (χ1) is 15.3. The van der Waals surface area contributed by atoms with Crippen molar-refractivity contribution in [3.63, 3.8) is 0 Å². The van der Waals surface area contributed by atoms with E-state index < -0.39 is 0 Å². The summed E-state index contributed by atoms with van der Waals surface area (Å²) in [6.45, 7) is 3.61. The molecule has 2 heteroatoms. The molecule has 0 aliphatic heterocycles. The fourth-order valence-corrected chi connectivity index (χ4v) is 4.02. The molecule has 0 unspecified atom stereocenters. The molecule has 1 aliphatic carbocycles. The molecular weight excluding hydrogens is 380 g/mol. The second-order valence-corrected chi connectivity index (χ2v) is 7.45. The summed E-state index contributed by atoms with van der Waals surface area (Å²) < 4.78 is 5.63. The second-order valence-electron chi connectivity index (χ2n) is 7.45. The first kappa shape index (κ1) is 20.8. The van der Waals surface area contributed by atoms with Gasteiger partial charge in [0.2, 0.25) is 0 Å². The van der Waals surface area contributed by atoms with Gasteiger partial charge in [-0.05, 0) is 29.2 Å².